The molecule has 29 heavy (non-hydrogen) atoms. The maximum atomic E-state index is 12.6. The summed E-state index contributed by atoms with van der Waals surface area (Å²) >= 11 is 0. The van der Waals surface area contributed by atoms with Crippen molar-refractivity contribution in [3.05, 3.63) is 53.6 Å². The number of nitrogens with one attached hydrogen (secondary N) is 1. The van der Waals surface area contributed by atoms with Gasteiger partial charge < -0.3 is 19.7 Å². The molecule has 7 heteroatoms. The molecule has 0 unspecified atom stereocenters. The maximum absolute atomic E-state index is 12.6. The summed E-state index contributed by atoms with van der Waals surface area (Å²) in [7, 11) is 3.19. The molecule has 0 aliphatic carbocycles. The van der Waals surface area contributed by atoms with Crippen molar-refractivity contribution >= 4 is 17.6 Å². The third kappa shape index (κ3) is 4.99. The van der Waals surface area contributed by atoms with Gasteiger partial charge in [-0.3, -0.25) is 9.69 Å². The molecule has 1 N–H and O–H groups in total. The van der Waals surface area contributed by atoms with Crippen molar-refractivity contribution < 1.29 is 19.1 Å². The highest BCUT2D eigenvalue weighted by Gasteiger charge is 2.30. The topological polar surface area (TPSA) is 71.1 Å². The summed E-state index contributed by atoms with van der Waals surface area (Å²) in [6, 6.07) is 13.4. The summed E-state index contributed by atoms with van der Waals surface area (Å²) in [6.07, 6.45) is 0.662. The standard InChI is InChI=1S/C22H27N3O4/c1-16-4-7-18(8-5-16)25-13-12-24(22(25)27)15-21(26)23-11-10-17-6-9-19(28-2)20(14-17)29-3/h4-9,14H,10-13,15H2,1-3H3,(H,23,26). The predicted molar refractivity (Wildman–Crippen MR) is 112 cm³/mol. The number of nitrogens with zero attached hydrogens (tertiary/aromatic N) is 2. The Morgan fingerprint density at radius 2 is 1.76 bits per heavy atom. The van der Waals surface area contributed by atoms with Gasteiger partial charge in [-0.25, -0.2) is 4.79 Å². The lowest BCUT2D eigenvalue weighted by Crippen LogP contribution is -2.40. The second kappa shape index (κ2) is 9.32. The number of hydrogen-bond donors (Lipinski definition) is 1. The second-order valence-corrected chi connectivity index (χ2v) is 6.98. The van der Waals surface area contributed by atoms with Gasteiger partial charge in [-0.05, 0) is 43.2 Å². The Hall–Kier alpha value is -3.22. The Bertz CT molecular complexity index is 867. The number of rotatable bonds is 8. The van der Waals surface area contributed by atoms with Crippen molar-refractivity contribution in [2.75, 3.05) is 45.3 Å². The quantitative estimate of drug-likeness (QED) is 0.743. The summed E-state index contributed by atoms with van der Waals surface area (Å²) in [5, 5.41) is 2.88. The number of carbonyl (C=O) groups is 2. The largest absolute Gasteiger partial charge is 0.493 e. The maximum Gasteiger partial charge on any atom is 0.325 e. The molecule has 2 aromatic rings. The van der Waals surface area contributed by atoms with E-state index < -0.39 is 0 Å². The van der Waals surface area contributed by atoms with Gasteiger partial charge in [0.1, 0.15) is 6.54 Å². The van der Waals surface area contributed by atoms with Crippen molar-refractivity contribution in [2.45, 2.75) is 13.3 Å². The number of ether oxygens (including phenoxy) is 2. The van der Waals surface area contributed by atoms with E-state index in [0.717, 1.165) is 16.8 Å². The minimum atomic E-state index is -0.162. The Balaban J connectivity index is 1.47. The molecule has 3 amide bonds. The van der Waals surface area contributed by atoms with Crippen LogP contribution in [0.4, 0.5) is 10.5 Å². The number of amides is 3. The van der Waals surface area contributed by atoms with Gasteiger partial charge >= 0.3 is 6.03 Å². The molecule has 0 bridgehead atoms. The third-order valence-electron chi connectivity index (χ3n) is 4.96. The highest BCUT2D eigenvalue weighted by atomic mass is 16.5. The zero-order valence-corrected chi connectivity index (χ0v) is 17.1. The SMILES string of the molecule is COc1ccc(CCNC(=O)CN2CCN(c3ccc(C)cc3)C2=O)cc1OC. The number of benzene rings is 2. The minimum absolute atomic E-state index is 0.0626. The van der Waals surface area contributed by atoms with Gasteiger partial charge in [0.05, 0.1) is 14.2 Å². The molecule has 154 valence electrons. The number of anilines is 1. The van der Waals surface area contributed by atoms with E-state index in [1.165, 1.54) is 0 Å². The van der Waals surface area contributed by atoms with Crippen molar-refractivity contribution in [2.24, 2.45) is 0 Å². The summed E-state index contributed by atoms with van der Waals surface area (Å²) in [4.78, 5) is 28.2. The van der Waals surface area contributed by atoms with Crippen molar-refractivity contribution in [3.63, 3.8) is 0 Å². The molecule has 1 saturated heterocycles. The van der Waals surface area contributed by atoms with Crippen molar-refractivity contribution in [1.82, 2.24) is 10.2 Å². The number of urea groups is 1. The van der Waals surface area contributed by atoms with E-state index in [1.54, 1.807) is 24.0 Å². The van der Waals surface area contributed by atoms with Crippen LogP contribution >= 0.6 is 0 Å². The fourth-order valence-electron chi connectivity index (χ4n) is 3.31. The first-order valence-electron chi connectivity index (χ1n) is 9.62. The van der Waals surface area contributed by atoms with Gasteiger partial charge in [-0.15, -0.1) is 0 Å². The Morgan fingerprint density at radius 1 is 1.03 bits per heavy atom. The Kier molecular flexibility index (Phi) is 6.59. The van der Waals surface area contributed by atoms with E-state index in [1.807, 2.05) is 49.4 Å². The summed E-state index contributed by atoms with van der Waals surface area (Å²) in [6.45, 7) is 3.68. The zero-order valence-electron chi connectivity index (χ0n) is 17.1. The fraction of sp³-hybridized carbons (Fsp3) is 0.364. The van der Waals surface area contributed by atoms with Gasteiger partial charge in [-0.1, -0.05) is 23.8 Å². The number of hydrogen-bond acceptors (Lipinski definition) is 4. The Morgan fingerprint density at radius 3 is 2.45 bits per heavy atom. The average molecular weight is 397 g/mol. The highest BCUT2D eigenvalue weighted by molar-refractivity contribution is 5.96. The lowest BCUT2D eigenvalue weighted by atomic mass is 10.1. The minimum Gasteiger partial charge on any atom is -0.493 e. The van der Waals surface area contributed by atoms with E-state index in [0.29, 0.717) is 37.6 Å². The summed E-state index contributed by atoms with van der Waals surface area (Å²) < 4.78 is 10.5. The fourth-order valence-corrected chi connectivity index (χ4v) is 3.31. The normalized spacial score (nSPS) is 13.6. The molecule has 1 aliphatic rings. The van der Waals surface area contributed by atoms with Crippen LogP contribution in [-0.4, -0.2) is 57.2 Å². The molecule has 1 heterocycles. The van der Waals surface area contributed by atoms with Crippen LogP contribution in [0.15, 0.2) is 42.5 Å². The van der Waals surface area contributed by atoms with E-state index in [4.69, 9.17) is 9.47 Å². The van der Waals surface area contributed by atoms with Crippen LogP contribution in [0, 0.1) is 6.92 Å². The molecule has 0 radical (unpaired) electrons. The van der Waals surface area contributed by atoms with E-state index in [-0.39, 0.29) is 18.5 Å². The molecule has 3 rings (SSSR count). The van der Waals surface area contributed by atoms with Gasteiger partial charge in [-0.2, -0.15) is 0 Å². The van der Waals surface area contributed by atoms with Crippen LogP contribution < -0.4 is 19.7 Å². The molecular weight excluding hydrogens is 370 g/mol. The third-order valence-corrected chi connectivity index (χ3v) is 4.96. The molecule has 0 aromatic heterocycles. The number of carbonyl (C=O) groups excluding carboxylic acids is 2. The molecular formula is C22H27N3O4. The molecule has 2 aromatic carbocycles. The average Bonchev–Trinajstić information content (AvgIpc) is 3.08. The monoisotopic (exact) mass is 397 g/mol. The van der Waals surface area contributed by atoms with Crippen LogP contribution in [0.3, 0.4) is 0 Å². The van der Waals surface area contributed by atoms with Gasteiger partial charge in [0.15, 0.2) is 11.5 Å². The smallest absolute Gasteiger partial charge is 0.325 e. The molecule has 7 nitrogen and oxygen atoms in total. The molecule has 1 fully saturated rings. The first-order valence-corrected chi connectivity index (χ1v) is 9.62. The number of methoxy groups -OCH3 is 2. The van der Waals surface area contributed by atoms with Crippen LogP contribution in [-0.2, 0) is 11.2 Å². The van der Waals surface area contributed by atoms with Gasteiger partial charge in [0.2, 0.25) is 5.91 Å². The van der Waals surface area contributed by atoms with Gasteiger partial charge in [0.25, 0.3) is 0 Å². The van der Waals surface area contributed by atoms with E-state index in [9.17, 15) is 9.59 Å². The molecule has 0 spiro atoms. The molecule has 0 atom stereocenters. The predicted octanol–water partition coefficient (Wildman–Crippen LogP) is 2.61. The zero-order chi connectivity index (χ0) is 20.8. The molecule has 1 aliphatic heterocycles. The van der Waals surface area contributed by atoms with Crippen LogP contribution in [0.1, 0.15) is 11.1 Å². The summed E-state index contributed by atoms with van der Waals surface area (Å²) in [5.74, 6) is 1.17. The highest BCUT2D eigenvalue weighted by Crippen LogP contribution is 2.27. The first kappa shape index (κ1) is 20.5. The van der Waals surface area contributed by atoms with Crippen LogP contribution in [0.2, 0.25) is 0 Å². The lowest BCUT2D eigenvalue weighted by molar-refractivity contribution is -0.121. The van der Waals surface area contributed by atoms with Crippen molar-refractivity contribution in [1.29, 1.82) is 0 Å². The van der Waals surface area contributed by atoms with Crippen LogP contribution in [0.5, 0.6) is 11.5 Å². The molecule has 0 saturated carbocycles. The van der Waals surface area contributed by atoms with Gasteiger partial charge in [0, 0.05) is 25.3 Å². The van der Waals surface area contributed by atoms with E-state index in [2.05, 4.69) is 5.32 Å². The Labute approximate surface area is 171 Å². The van der Waals surface area contributed by atoms with Crippen LogP contribution in [0.25, 0.3) is 0 Å². The summed E-state index contributed by atoms with van der Waals surface area (Å²) in [5.41, 5.74) is 3.04. The van der Waals surface area contributed by atoms with E-state index >= 15 is 0 Å². The second-order valence-electron chi connectivity index (χ2n) is 6.98. The first-order chi connectivity index (χ1) is 14.0. The number of aryl methyl sites for hydroxylation is 1. The van der Waals surface area contributed by atoms with Crippen molar-refractivity contribution in [3.8, 4) is 11.5 Å². The lowest BCUT2D eigenvalue weighted by Gasteiger charge is -2.18.